The van der Waals surface area contributed by atoms with Gasteiger partial charge in [0.05, 0.1) is 6.42 Å². The van der Waals surface area contributed by atoms with Crippen molar-refractivity contribution in [3.05, 3.63) is 34.9 Å². The van der Waals surface area contributed by atoms with Crippen LogP contribution in [0.2, 0.25) is 5.02 Å². The van der Waals surface area contributed by atoms with Gasteiger partial charge in [0, 0.05) is 23.7 Å². The van der Waals surface area contributed by atoms with Gasteiger partial charge in [-0.15, -0.1) is 0 Å². The summed E-state index contributed by atoms with van der Waals surface area (Å²) in [6.07, 6.45) is 2.20. The Morgan fingerprint density at radius 1 is 1.56 bits per heavy atom. The van der Waals surface area contributed by atoms with Crippen LogP contribution in [0.4, 0.5) is 0 Å². The number of halogens is 1. The molecule has 0 aromatic heterocycles. The molecule has 1 aliphatic heterocycles. The minimum atomic E-state index is 0.164. The van der Waals surface area contributed by atoms with Crippen LogP contribution in [0.3, 0.4) is 0 Å². The minimum Gasteiger partial charge on any atom is -0.340 e. The van der Waals surface area contributed by atoms with Gasteiger partial charge < -0.3 is 10.6 Å². The number of hydrogen-bond acceptors (Lipinski definition) is 2. The first-order valence-electron chi connectivity index (χ1n) is 6.36. The molecular formula is C14H19ClN2O. The monoisotopic (exact) mass is 266 g/mol. The summed E-state index contributed by atoms with van der Waals surface area (Å²) in [5.41, 5.74) is 6.87. The molecule has 0 aliphatic carbocycles. The second-order valence-electron chi connectivity index (χ2n) is 5.03. The van der Waals surface area contributed by atoms with E-state index in [1.54, 1.807) is 0 Å². The van der Waals surface area contributed by atoms with Crippen LogP contribution in [-0.2, 0) is 11.2 Å². The highest BCUT2D eigenvalue weighted by atomic mass is 35.5. The van der Waals surface area contributed by atoms with Crippen LogP contribution >= 0.6 is 11.6 Å². The van der Waals surface area contributed by atoms with Crippen LogP contribution in [0.25, 0.3) is 0 Å². The lowest BCUT2D eigenvalue weighted by atomic mass is 9.98. The van der Waals surface area contributed by atoms with E-state index < -0.39 is 0 Å². The summed E-state index contributed by atoms with van der Waals surface area (Å²) in [7, 11) is 0. The van der Waals surface area contributed by atoms with E-state index in [9.17, 15) is 4.79 Å². The van der Waals surface area contributed by atoms with Gasteiger partial charge in [-0.25, -0.2) is 0 Å². The smallest absolute Gasteiger partial charge is 0.227 e. The lowest BCUT2D eigenvalue weighted by Crippen LogP contribution is -2.48. The predicted molar refractivity (Wildman–Crippen MR) is 73.5 cm³/mol. The molecule has 4 heteroatoms. The van der Waals surface area contributed by atoms with Gasteiger partial charge in [0.1, 0.15) is 0 Å². The molecule has 2 N–H and O–H groups in total. The Labute approximate surface area is 113 Å². The van der Waals surface area contributed by atoms with Gasteiger partial charge in [-0.05, 0) is 37.5 Å². The largest absolute Gasteiger partial charge is 0.340 e. The molecule has 0 bridgehead atoms. The second-order valence-corrected chi connectivity index (χ2v) is 5.46. The summed E-state index contributed by atoms with van der Waals surface area (Å²) in [4.78, 5) is 14.2. The normalized spacial score (nSPS) is 24.1. The van der Waals surface area contributed by atoms with Crippen molar-refractivity contribution >= 4 is 17.5 Å². The maximum absolute atomic E-state index is 12.2. The van der Waals surface area contributed by atoms with Crippen LogP contribution in [0, 0.1) is 0 Å². The van der Waals surface area contributed by atoms with E-state index in [1.807, 2.05) is 29.2 Å². The average molecular weight is 267 g/mol. The maximum atomic E-state index is 12.2. The Morgan fingerprint density at radius 3 is 3.00 bits per heavy atom. The summed E-state index contributed by atoms with van der Waals surface area (Å²) in [6, 6.07) is 7.94. The fourth-order valence-corrected chi connectivity index (χ4v) is 2.72. The molecule has 0 spiro atoms. The molecule has 3 nitrogen and oxygen atoms in total. The summed E-state index contributed by atoms with van der Waals surface area (Å²) < 4.78 is 0. The summed E-state index contributed by atoms with van der Waals surface area (Å²) in [5.74, 6) is 0.164. The van der Waals surface area contributed by atoms with E-state index in [0.29, 0.717) is 11.4 Å². The molecule has 1 aliphatic rings. The molecule has 1 heterocycles. The maximum Gasteiger partial charge on any atom is 0.227 e. The fourth-order valence-electron chi connectivity index (χ4n) is 2.50. The van der Waals surface area contributed by atoms with Crippen molar-refractivity contribution in [3.8, 4) is 0 Å². The summed E-state index contributed by atoms with van der Waals surface area (Å²) in [5, 5.41) is 0.675. The summed E-state index contributed by atoms with van der Waals surface area (Å²) in [6.45, 7) is 2.83. The molecule has 0 radical (unpaired) electrons. The Bertz CT molecular complexity index is 436. The molecule has 2 rings (SSSR count). The zero-order valence-corrected chi connectivity index (χ0v) is 11.4. The van der Waals surface area contributed by atoms with Gasteiger partial charge in [-0.1, -0.05) is 23.7 Å². The standard InChI is InChI=1S/C14H19ClN2O/c1-10-7-13(16)5-6-17(10)14(18)9-11-3-2-4-12(15)8-11/h2-4,8,10,13H,5-7,9,16H2,1H3. The molecule has 1 saturated heterocycles. The Morgan fingerprint density at radius 2 is 2.33 bits per heavy atom. The van der Waals surface area contributed by atoms with E-state index >= 15 is 0 Å². The lowest BCUT2D eigenvalue weighted by molar-refractivity contribution is -0.133. The van der Waals surface area contributed by atoms with Crippen LogP contribution in [0.5, 0.6) is 0 Å². The highest BCUT2D eigenvalue weighted by Crippen LogP contribution is 2.18. The third-order valence-electron chi connectivity index (χ3n) is 3.48. The zero-order valence-electron chi connectivity index (χ0n) is 10.6. The number of piperidine rings is 1. The molecule has 98 valence electrons. The van der Waals surface area contributed by atoms with Gasteiger partial charge >= 0.3 is 0 Å². The number of nitrogens with two attached hydrogens (primary N) is 1. The van der Waals surface area contributed by atoms with Gasteiger partial charge in [0.2, 0.25) is 5.91 Å². The van der Waals surface area contributed by atoms with Crippen LogP contribution < -0.4 is 5.73 Å². The number of nitrogens with zero attached hydrogens (tertiary/aromatic N) is 1. The van der Waals surface area contributed by atoms with Gasteiger partial charge in [0.15, 0.2) is 0 Å². The molecule has 1 fully saturated rings. The van der Waals surface area contributed by atoms with Crippen LogP contribution in [0.15, 0.2) is 24.3 Å². The Balaban J connectivity index is 1.99. The number of carbonyl (C=O) groups is 1. The van der Waals surface area contributed by atoms with E-state index in [4.69, 9.17) is 17.3 Å². The van der Waals surface area contributed by atoms with E-state index in [2.05, 4.69) is 6.92 Å². The molecule has 1 aromatic carbocycles. The van der Waals surface area contributed by atoms with Crippen LogP contribution in [-0.4, -0.2) is 29.4 Å². The number of likely N-dealkylation sites (tertiary alicyclic amines) is 1. The number of benzene rings is 1. The first kappa shape index (κ1) is 13.4. The third kappa shape index (κ3) is 3.24. The van der Waals surface area contributed by atoms with Crippen molar-refractivity contribution < 1.29 is 4.79 Å². The topological polar surface area (TPSA) is 46.3 Å². The third-order valence-corrected chi connectivity index (χ3v) is 3.72. The molecule has 1 amide bonds. The molecule has 2 unspecified atom stereocenters. The number of rotatable bonds is 2. The predicted octanol–water partition coefficient (Wildman–Crippen LogP) is 2.22. The van der Waals surface area contributed by atoms with E-state index in [1.165, 1.54) is 0 Å². The molecule has 18 heavy (non-hydrogen) atoms. The fraction of sp³-hybridized carbons (Fsp3) is 0.500. The van der Waals surface area contributed by atoms with Gasteiger partial charge in [0.25, 0.3) is 0 Å². The highest BCUT2D eigenvalue weighted by Gasteiger charge is 2.26. The quantitative estimate of drug-likeness (QED) is 0.892. The minimum absolute atomic E-state index is 0.164. The average Bonchev–Trinajstić information content (AvgIpc) is 2.28. The van der Waals surface area contributed by atoms with Crippen molar-refractivity contribution in [2.75, 3.05) is 6.54 Å². The first-order chi connectivity index (χ1) is 8.56. The van der Waals surface area contributed by atoms with Crippen molar-refractivity contribution in [1.82, 2.24) is 4.90 Å². The SMILES string of the molecule is CC1CC(N)CCN1C(=O)Cc1cccc(Cl)c1. The van der Waals surface area contributed by atoms with Gasteiger partial charge in [-0.2, -0.15) is 0 Å². The van der Waals surface area contributed by atoms with E-state index in [-0.39, 0.29) is 18.0 Å². The molecule has 1 aromatic rings. The number of hydrogen-bond donors (Lipinski definition) is 1. The first-order valence-corrected chi connectivity index (χ1v) is 6.73. The molecular weight excluding hydrogens is 248 g/mol. The van der Waals surface area contributed by atoms with Crippen molar-refractivity contribution in [3.63, 3.8) is 0 Å². The molecule has 2 atom stereocenters. The Kier molecular flexibility index (Phi) is 4.25. The van der Waals surface area contributed by atoms with E-state index in [0.717, 1.165) is 24.9 Å². The summed E-state index contributed by atoms with van der Waals surface area (Å²) >= 11 is 5.92. The molecule has 0 saturated carbocycles. The van der Waals surface area contributed by atoms with Crippen LogP contribution in [0.1, 0.15) is 25.3 Å². The van der Waals surface area contributed by atoms with Crippen molar-refractivity contribution in [1.29, 1.82) is 0 Å². The highest BCUT2D eigenvalue weighted by molar-refractivity contribution is 6.30. The lowest BCUT2D eigenvalue weighted by Gasteiger charge is -2.36. The second kappa shape index (κ2) is 5.72. The number of amides is 1. The Hall–Kier alpha value is -1.06. The van der Waals surface area contributed by atoms with Gasteiger partial charge in [-0.3, -0.25) is 4.79 Å². The van der Waals surface area contributed by atoms with Crippen molar-refractivity contribution in [2.24, 2.45) is 5.73 Å². The van der Waals surface area contributed by atoms with Crippen molar-refractivity contribution in [2.45, 2.75) is 38.3 Å². The number of carbonyl (C=O) groups excluding carboxylic acids is 1. The zero-order chi connectivity index (χ0) is 13.1.